The Bertz CT molecular complexity index is 955. The summed E-state index contributed by atoms with van der Waals surface area (Å²) < 4.78 is 15.5. The minimum atomic E-state index is -0.370. The molecule has 0 radical (unpaired) electrons. The van der Waals surface area contributed by atoms with Crippen LogP contribution >= 0.6 is 0 Å². The highest BCUT2D eigenvalue weighted by molar-refractivity contribution is 5.86. The van der Waals surface area contributed by atoms with Crippen LogP contribution in [-0.2, 0) is 0 Å². The fourth-order valence-corrected chi connectivity index (χ4v) is 3.56. The zero-order chi connectivity index (χ0) is 19.7. The maximum Gasteiger partial charge on any atom is 0.135 e. The normalized spacial score (nSPS) is 12.7. The van der Waals surface area contributed by atoms with Crippen molar-refractivity contribution in [3.05, 3.63) is 41.2 Å². The molecule has 5 heteroatoms. The highest BCUT2D eigenvalue weighted by Crippen LogP contribution is 2.33. The summed E-state index contributed by atoms with van der Waals surface area (Å²) in [5.41, 5.74) is 7.02. The van der Waals surface area contributed by atoms with Gasteiger partial charge in [0.2, 0.25) is 0 Å². The third-order valence-electron chi connectivity index (χ3n) is 5.22. The zero-order valence-electron chi connectivity index (χ0n) is 17.1. The molecule has 0 spiro atoms. The van der Waals surface area contributed by atoms with Crippen LogP contribution in [0.25, 0.3) is 22.3 Å². The monoisotopic (exact) mass is 368 g/mol. The Morgan fingerprint density at radius 3 is 2.48 bits per heavy atom. The minimum Gasteiger partial charge on any atom is -0.373 e. The Morgan fingerprint density at radius 2 is 1.89 bits per heavy atom. The van der Waals surface area contributed by atoms with Crippen LogP contribution in [0.15, 0.2) is 24.4 Å². The average molecular weight is 369 g/mol. The Morgan fingerprint density at radius 1 is 1.15 bits per heavy atom. The number of aromatic nitrogens is 3. The van der Waals surface area contributed by atoms with Crippen molar-refractivity contribution in [2.75, 3.05) is 19.0 Å². The van der Waals surface area contributed by atoms with Crippen LogP contribution in [0.3, 0.4) is 0 Å². The molecule has 144 valence electrons. The molecule has 3 rings (SSSR count). The van der Waals surface area contributed by atoms with E-state index in [2.05, 4.69) is 44.3 Å². The lowest BCUT2D eigenvalue weighted by Crippen LogP contribution is -2.09. The molecule has 3 aromatic heterocycles. The number of fused-ring (bicyclic) bond motifs is 1. The van der Waals surface area contributed by atoms with Gasteiger partial charge in [0.25, 0.3) is 0 Å². The van der Waals surface area contributed by atoms with Crippen molar-refractivity contribution in [2.24, 2.45) is 0 Å². The van der Waals surface area contributed by atoms with Gasteiger partial charge < -0.3 is 9.88 Å². The number of aryl methyl sites for hydroxylation is 2. The Kier molecular flexibility index (Phi) is 5.49. The van der Waals surface area contributed by atoms with Crippen molar-refractivity contribution in [1.29, 1.82) is 0 Å². The van der Waals surface area contributed by atoms with Crippen LogP contribution in [0.2, 0.25) is 0 Å². The second kappa shape index (κ2) is 7.67. The summed E-state index contributed by atoms with van der Waals surface area (Å²) in [5.74, 6) is 1.20. The van der Waals surface area contributed by atoms with Crippen LogP contribution in [0.4, 0.5) is 10.2 Å². The minimum absolute atomic E-state index is 0.145. The van der Waals surface area contributed by atoms with Crippen molar-refractivity contribution in [3.63, 3.8) is 0 Å². The third kappa shape index (κ3) is 3.43. The number of pyridine rings is 2. The topological polar surface area (TPSA) is 42.7 Å². The van der Waals surface area contributed by atoms with Crippen LogP contribution in [0, 0.1) is 13.8 Å². The average Bonchev–Trinajstić information content (AvgIpc) is 2.97. The van der Waals surface area contributed by atoms with Crippen LogP contribution < -0.4 is 5.32 Å². The lowest BCUT2D eigenvalue weighted by molar-refractivity contribution is 0.355. The molecule has 0 aliphatic heterocycles. The molecule has 0 unspecified atom stereocenters. The van der Waals surface area contributed by atoms with Crippen molar-refractivity contribution < 1.29 is 4.39 Å². The quantitative estimate of drug-likeness (QED) is 0.598. The molecule has 0 aliphatic carbocycles. The van der Waals surface area contributed by atoms with Crippen LogP contribution in [-0.4, -0.2) is 28.3 Å². The summed E-state index contributed by atoms with van der Waals surface area (Å²) >= 11 is 0. The van der Waals surface area contributed by atoms with Crippen molar-refractivity contribution >= 4 is 16.9 Å². The van der Waals surface area contributed by atoms with E-state index in [1.807, 2.05) is 31.7 Å². The van der Waals surface area contributed by atoms with E-state index < -0.39 is 0 Å². The maximum absolute atomic E-state index is 13.5. The van der Waals surface area contributed by atoms with Gasteiger partial charge in [-0.3, -0.25) is 0 Å². The standard InChI is InChI=1S/C22H29FN4/c1-7-16(11-23)27-12-15(5)21-19(27)10-14(4)20(26-21)17-8-9-18(13(2)3)25-22(17)24-6/h8-10,12-13,16H,7,11H2,1-6H3,(H,24,25)/t16-/m0/s1. The summed E-state index contributed by atoms with van der Waals surface area (Å²) in [6, 6.07) is 6.14. The van der Waals surface area contributed by atoms with Gasteiger partial charge in [0.1, 0.15) is 12.5 Å². The maximum atomic E-state index is 13.5. The van der Waals surface area contributed by atoms with Crippen LogP contribution in [0.5, 0.6) is 0 Å². The molecular formula is C22H29FN4. The van der Waals surface area contributed by atoms with E-state index in [-0.39, 0.29) is 12.7 Å². The number of nitrogens with one attached hydrogen (secondary N) is 1. The summed E-state index contributed by atoms with van der Waals surface area (Å²) in [7, 11) is 1.89. The first-order valence-electron chi connectivity index (χ1n) is 9.65. The second-order valence-corrected chi connectivity index (χ2v) is 7.49. The van der Waals surface area contributed by atoms with Gasteiger partial charge in [0, 0.05) is 24.5 Å². The fourth-order valence-electron chi connectivity index (χ4n) is 3.56. The van der Waals surface area contributed by atoms with Gasteiger partial charge >= 0.3 is 0 Å². The van der Waals surface area contributed by atoms with Crippen molar-refractivity contribution in [2.45, 2.75) is 53.0 Å². The van der Waals surface area contributed by atoms with E-state index in [0.717, 1.165) is 51.4 Å². The lowest BCUT2D eigenvalue weighted by Gasteiger charge is -2.16. The van der Waals surface area contributed by atoms with Gasteiger partial charge in [0.05, 0.1) is 22.8 Å². The predicted octanol–water partition coefficient (Wildman–Crippen LogP) is 5.80. The molecule has 0 amide bonds. The first-order chi connectivity index (χ1) is 12.9. The molecule has 27 heavy (non-hydrogen) atoms. The van der Waals surface area contributed by atoms with E-state index in [9.17, 15) is 4.39 Å². The number of halogens is 1. The molecular weight excluding hydrogens is 339 g/mol. The van der Waals surface area contributed by atoms with E-state index in [1.54, 1.807) is 0 Å². The summed E-state index contributed by atoms with van der Waals surface area (Å²) in [6.07, 6.45) is 2.78. The van der Waals surface area contributed by atoms with Gasteiger partial charge in [-0.2, -0.15) is 0 Å². The van der Waals surface area contributed by atoms with E-state index in [1.165, 1.54) is 0 Å². The number of anilines is 1. The van der Waals surface area contributed by atoms with E-state index in [0.29, 0.717) is 5.92 Å². The first-order valence-corrected chi connectivity index (χ1v) is 9.65. The van der Waals surface area contributed by atoms with Gasteiger partial charge in [-0.1, -0.05) is 20.8 Å². The van der Waals surface area contributed by atoms with Gasteiger partial charge in [-0.05, 0) is 55.5 Å². The zero-order valence-corrected chi connectivity index (χ0v) is 17.1. The lowest BCUT2D eigenvalue weighted by atomic mass is 10.0. The largest absolute Gasteiger partial charge is 0.373 e. The Balaban J connectivity index is 2.20. The molecule has 4 nitrogen and oxygen atoms in total. The van der Waals surface area contributed by atoms with Gasteiger partial charge in [-0.15, -0.1) is 0 Å². The number of nitrogens with zero attached hydrogens (tertiary/aromatic N) is 3. The number of hydrogen-bond donors (Lipinski definition) is 1. The first kappa shape index (κ1) is 19.3. The van der Waals surface area contributed by atoms with Crippen molar-refractivity contribution in [3.8, 4) is 11.3 Å². The molecule has 0 saturated carbocycles. The molecule has 0 saturated heterocycles. The fraction of sp³-hybridized carbons (Fsp3) is 0.455. The molecule has 1 atom stereocenters. The summed E-state index contributed by atoms with van der Waals surface area (Å²) in [4.78, 5) is 9.74. The van der Waals surface area contributed by atoms with Crippen LogP contribution in [0.1, 0.15) is 56.0 Å². The Hall–Kier alpha value is -2.43. The second-order valence-electron chi connectivity index (χ2n) is 7.49. The van der Waals surface area contributed by atoms with E-state index >= 15 is 0 Å². The predicted molar refractivity (Wildman–Crippen MR) is 111 cm³/mol. The molecule has 1 N–H and O–H groups in total. The molecule has 3 aromatic rings. The third-order valence-corrected chi connectivity index (χ3v) is 5.22. The van der Waals surface area contributed by atoms with Gasteiger partial charge in [-0.25, -0.2) is 14.4 Å². The van der Waals surface area contributed by atoms with Gasteiger partial charge in [0.15, 0.2) is 0 Å². The summed E-state index contributed by atoms with van der Waals surface area (Å²) in [6.45, 7) is 10.0. The number of alkyl halides is 1. The highest BCUT2D eigenvalue weighted by atomic mass is 19.1. The SMILES string of the molecule is CC[C@@H](CF)n1cc(C)c2nc(-c3ccc(C(C)C)nc3NC)c(C)cc21. The summed E-state index contributed by atoms with van der Waals surface area (Å²) in [5, 5.41) is 3.22. The Labute approximate surface area is 160 Å². The number of rotatable bonds is 6. The molecule has 0 bridgehead atoms. The molecule has 0 aromatic carbocycles. The van der Waals surface area contributed by atoms with Crippen molar-refractivity contribution in [1.82, 2.24) is 14.5 Å². The van der Waals surface area contributed by atoms with E-state index in [4.69, 9.17) is 9.97 Å². The highest BCUT2D eigenvalue weighted by Gasteiger charge is 2.18. The molecule has 3 heterocycles. The smallest absolute Gasteiger partial charge is 0.135 e. The molecule has 0 aliphatic rings. The molecule has 0 fully saturated rings. The number of hydrogen-bond acceptors (Lipinski definition) is 3.